The van der Waals surface area contributed by atoms with E-state index < -0.39 is 0 Å². The lowest BCUT2D eigenvalue weighted by Gasteiger charge is -2.09. The Hall–Kier alpha value is -2.61. The lowest BCUT2D eigenvalue weighted by Crippen LogP contribution is -2.00. The van der Waals surface area contributed by atoms with Crippen molar-refractivity contribution < 1.29 is 9.47 Å². The molecule has 5 heteroatoms. The predicted octanol–water partition coefficient (Wildman–Crippen LogP) is 1.93. The fraction of sp³-hybridized carbons (Fsp3) is 0.267. The Balaban J connectivity index is 1.99. The van der Waals surface area contributed by atoms with E-state index in [0.717, 1.165) is 23.5 Å². The summed E-state index contributed by atoms with van der Waals surface area (Å²) in [7, 11) is 0. The maximum Gasteiger partial charge on any atom is 0.161 e. The third kappa shape index (κ3) is 2.16. The minimum absolute atomic E-state index is 0.406. The van der Waals surface area contributed by atoms with E-state index in [1.54, 1.807) is 10.9 Å². The van der Waals surface area contributed by atoms with Crippen LogP contribution >= 0.6 is 0 Å². The van der Waals surface area contributed by atoms with Gasteiger partial charge in [-0.15, -0.1) is 6.42 Å². The van der Waals surface area contributed by atoms with Gasteiger partial charge >= 0.3 is 0 Å². The van der Waals surface area contributed by atoms with Crippen molar-refractivity contribution >= 4 is 5.82 Å². The van der Waals surface area contributed by atoms with Crippen LogP contribution in [0.2, 0.25) is 0 Å². The summed E-state index contributed by atoms with van der Waals surface area (Å²) in [5.41, 5.74) is 7.66. The number of terminal acetylenes is 1. The summed E-state index contributed by atoms with van der Waals surface area (Å²) in [4.78, 5) is 4.32. The molecule has 2 aromatic rings. The molecule has 0 amide bonds. The molecule has 1 aliphatic heterocycles. The van der Waals surface area contributed by atoms with E-state index in [2.05, 4.69) is 10.9 Å². The predicted molar refractivity (Wildman–Crippen MR) is 76.5 cm³/mol. The van der Waals surface area contributed by atoms with Crippen molar-refractivity contribution in [2.45, 2.75) is 13.0 Å². The first-order valence-electron chi connectivity index (χ1n) is 6.43. The van der Waals surface area contributed by atoms with Gasteiger partial charge in [-0.25, -0.2) is 4.98 Å². The summed E-state index contributed by atoms with van der Waals surface area (Å²) in [6.07, 6.45) is 7.82. The number of fused-ring (bicyclic) bond motifs is 1. The molecule has 0 fully saturated rings. The van der Waals surface area contributed by atoms with Gasteiger partial charge in [-0.1, -0.05) is 5.92 Å². The fourth-order valence-electron chi connectivity index (χ4n) is 2.15. The molecule has 0 bridgehead atoms. The van der Waals surface area contributed by atoms with Crippen LogP contribution < -0.4 is 15.2 Å². The number of hydrogen-bond acceptors (Lipinski definition) is 4. The Labute approximate surface area is 117 Å². The lowest BCUT2D eigenvalue weighted by molar-refractivity contribution is 0.297. The second kappa shape index (κ2) is 5.17. The molecule has 20 heavy (non-hydrogen) atoms. The van der Waals surface area contributed by atoms with Crippen LogP contribution in [0.15, 0.2) is 24.5 Å². The third-order valence-electron chi connectivity index (χ3n) is 3.16. The maximum absolute atomic E-state index is 6.06. The molecule has 3 rings (SSSR count). The van der Waals surface area contributed by atoms with E-state index in [0.29, 0.717) is 31.3 Å². The Bertz CT molecular complexity index is 670. The Morgan fingerprint density at radius 1 is 1.30 bits per heavy atom. The number of benzene rings is 1. The molecular formula is C15H15N3O2. The van der Waals surface area contributed by atoms with Gasteiger partial charge in [0.15, 0.2) is 11.5 Å². The van der Waals surface area contributed by atoms with Gasteiger partial charge in [0.2, 0.25) is 0 Å². The van der Waals surface area contributed by atoms with Crippen molar-refractivity contribution in [1.82, 2.24) is 9.55 Å². The molecule has 0 atom stereocenters. The van der Waals surface area contributed by atoms with Crippen molar-refractivity contribution in [1.29, 1.82) is 0 Å². The molecule has 102 valence electrons. The van der Waals surface area contributed by atoms with E-state index in [-0.39, 0.29) is 0 Å². The molecule has 1 aromatic carbocycles. The number of aromatic nitrogens is 2. The smallest absolute Gasteiger partial charge is 0.161 e. The minimum atomic E-state index is 0.406. The van der Waals surface area contributed by atoms with Gasteiger partial charge in [-0.2, -0.15) is 0 Å². The van der Waals surface area contributed by atoms with E-state index in [1.807, 2.05) is 18.2 Å². The second-order valence-electron chi connectivity index (χ2n) is 4.52. The Kier molecular flexibility index (Phi) is 3.21. The van der Waals surface area contributed by atoms with Gasteiger partial charge < -0.3 is 19.8 Å². The lowest BCUT2D eigenvalue weighted by atomic mass is 10.1. The summed E-state index contributed by atoms with van der Waals surface area (Å²) in [6.45, 7) is 1.73. The monoisotopic (exact) mass is 269 g/mol. The quantitative estimate of drug-likeness (QED) is 0.846. The minimum Gasteiger partial charge on any atom is -0.490 e. The number of nitrogen functional groups attached to an aromatic ring is 1. The van der Waals surface area contributed by atoms with Gasteiger partial charge in [0.05, 0.1) is 26.1 Å². The second-order valence-corrected chi connectivity index (χ2v) is 4.52. The fourth-order valence-corrected chi connectivity index (χ4v) is 2.15. The average molecular weight is 269 g/mol. The summed E-state index contributed by atoms with van der Waals surface area (Å²) in [5, 5.41) is 0. The van der Waals surface area contributed by atoms with Gasteiger partial charge in [0.25, 0.3) is 0 Å². The number of nitrogens with zero attached hydrogens (tertiary/aromatic N) is 2. The third-order valence-corrected chi connectivity index (χ3v) is 3.16. The van der Waals surface area contributed by atoms with Crippen molar-refractivity contribution in [3.63, 3.8) is 0 Å². The van der Waals surface area contributed by atoms with Gasteiger partial charge in [-0.3, -0.25) is 0 Å². The largest absolute Gasteiger partial charge is 0.490 e. The molecule has 1 aliphatic rings. The van der Waals surface area contributed by atoms with Crippen LogP contribution in [0.5, 0.6) is 11.5 Å². The Morgan fingerprint density at radius 3 is 2.90 bits per heavy atom. The van der Waals surface area contributed by atoms with E-state index in [1.165, 1.54) is 0 Å². The van der Waals surface area contributed by atoms with Crippen molar-refractivity contribution in [2.75, 3.05) is 18.9 Å². The van der Waals surface area contributed by atoms with Crippen LogP contribution in [0.25, 0.3) is 11.3 Å². The molecule has 2 N–H and O–H groups in total. The number of nitrogens with two attached hydrogens (primary N) is 1. The van der Waals surface area contributed by atoms with Crippen LogP contribution in [0, 0.1) is 12.3 Å². The Morgan fingerprint density at radius 2 is 2.10 bits per heavy atom. The standard InChI is InChI=1S/C15H15N3O2/c1-2-6-18-10-17-14(15(18)16)11-4-5-12-13(9-11)20-8-3-7-19-12/h1,4-5,9-10H,3,6-8,16H2. The van der Waals surface area contributed by atoms with Crippen molar-refractivity contribution in [3.05, 3.63) is 24.5 Å². The van der Waals surface area contributed by atoms with Crippen LogP contribution in [-0.2, 0) is 6.54 Å². The maximum atomic E-state index is 6.06. The highest BCUT2D eigenvalue weighted by atomic mass is 16.5. The molecule has 0 aliphatic carbocycles. The van der Waals surface area contributed by atoms with Crippen LogP contribution in [0.4, 0.5) is 5.82 Å². The van der Waals surface area contributed by atoms with Crippen LogP contribution in [0.3, 0.4) is 0 Å². The highest BCUT2D eigenvalue weighted by molar-refractivity contribution is 5.72. The molecule has 5 nitrogen and oxygen atoms in total. The number of ether oxygens (including phenoxy) is 2. The first-order valence-corrected chi connectivity index (χ1v) is 6.43. The first kappa shape index (κ1) is 12.4. The van der Waals surface area contributed by atoms with Gasteiger partial charge in [0.1, 0.15) is 11.5 Å². The van der Waals surface area contributed by atoms with Gasteiger partial charge in [0, 0.05) is 12.0 Å². The number of rotatable bonds is 2. The number of hydrogen-bond donors (Lipinski definition) is 1. The normalized spacial score (nSPS) is 13.6. The van der Waals surface area contributed by atoms with Crippen LogP contribution in [-0.4, -0.2) is 22.8 Å². The summed E-state index contributed by atoms with van der Waals surface area (Å²) >= 11 is 0. The zero-order valence-corrected chi connectivity index (χ0v) is 11.0. The summed E-state index contributed by atoms with van der Waals surface area (Å²) < 4.78 is 13.0. The molecule has 0 saturated heterocycles. The SMILES string of the molecule is C#CCn1cnc(-c2ccc3c(c2)OCCCO3)c1N. The molecule has 0 saturated carbocycles. The van der Waals surface area contributed by atoms with Gasteiger partial charge in [-0.05, 0) is 18.2 Å². The van der Waals surface area contributed by atoms with Crippen molar-refractivity contribution in [3.8, 4) is 35.1 Å². The van der Waals surface area contributed by atoms with Crippen molar-refractivity contribution in [2.24, 2.45) is 0 Å². The zero-order valence-electron chi connectivity index (χ0n) is 11.0. The van der Waals surface area contributed by atoms with E-state index in [9.17, 15) is 0 Å². The first-order chi connectivity index (χ1) is 9.79. The summed E-state index contributed by atoms with van der Waals surface area (Å²) in [6, 6.07) is 5.71. The number of imidazole rings is 1. The van der Waals surface area contributed by atoms with Crippen LogP contribution in [0.1, 0.15) is 6.42 Å². The van der Waals surface area contributed by atoms with E-state index >= 15 is 0 Å². The number of anilines is 1. The molecule has 2 heterocycles. The topological polar surface area (TPSA) is 62.3 Å². The molecule has 0 radical (unpaired) electrons. The molecule has 1 aromatic heterocycles. The zero-order chi connectivity index (χ0) is 13.9. The molecule has 0 spiro atoms. The van der Waals surface area contributed by atoms with E-state index in [4.69, 9.17) is 21.6 Å². The highest BCUT2D eigenvalue weighted by Crippen LogP contribution is 2.35. The molecular weight excluding hydrogens is 254 g/mol. The molecule has 0 unspecified atom stereocenters. The average Bonchev–Trinajstić information content (AvgIpc) is 2.69. The summed E-state index contributed by atoms with van der Waals surface area (Å²) in [5.74, 6) is 4.58. The highest BCUT2D eigenvalue weighted by Gasteiger charge is 2.15.